The van der Waals surface area contributed by atoms with Gasteiger partial charge in [0.2, 0.25) is 0 Å². The summed E-state index contributed by atoms with van der Waals surface area (Å²) in [6.07, 6.45) is 1.96. The minimum atomic E-state index is -0.203. The molecule has 21 heavy (non-hydrogen) atoms. The van der Waals surface area contributed by atoms with Gasteiger partial charge in [0.25, 0.3) is 0 Å². The molecule has 1 aromatic carbocycles. The number of halogens is 2. The summed E-state index contributed by atoms with van der Waals surface area (Å²) in [4.78, 5) is 0. The van der Waals surface area contributed by atoms with Gasteiger partial charge >= 0.3 is 0 Å². The van der Waals surface area contributed by atoms with Crippen molar-refractivity contribution in [2.24, 2.45) is 5.92 Å². The third-order valence-corrected chi connectivity index (χ3v) is 3.91. The molecule has 1 N–H and O–H groups in total. The first kappa shape index (κ1) is 18.6. The molecule has 0 aliphatic heterocycles. The van der Waals surface area contributed by atoms with Crippen LogP contribution in [0.15, 0.2) is 22.7 Å². The van der Waals surface area contributed by atoms with Crippen LogP contribution in [-0.4, -0.2) is 25.3 Å². The minimum absolute atomic E-state index is 0.128. The summed E-state index contributed by atoms with van der Waals surface area (Å²) in [5, 5.41) is 3.56. The van der Waals surface area contributed by atoms with Crippen LogP contribution in [0, 0.1) is 11.7 Å². The van der Waals surface area contributed by atoms with Crippen LogP contribution in [-0.2, 0) is 11.2 Å². The van der Waals surface area contributed by atoms with Crippen molar-refractivity contribution in [3.05, 3.63) is 34.1 Å². The summed E-state index contributed by atoms with van der Waals surface area (Å²) in [7, 11) is 0. The van der Waals surface area contributed by atoms with E-state index in [1.807, 2.05) is 13.0 Å². The third kappa shape index (κ3) is 6.45. The van der Waals surface area contributed by atoms with Gasteiger partial charge in [-0.3, -0.25) is 0 Å². The Labute approximate surface area is 136 Å². The Morgan fingerprint density at radius 2 is 1.95 bits per heavy atom. The zero-order valence-electron chi connectivity index (χ0n) is 13.5. The Hall–Kier alpha value is -0.450. The highest BCUT2D eigenvalue weighted by atomic mass is 79.9. The van der Waals surface area contributed by atoms with E-state index in [4.69, 9.17) is 4.74 Å². The molecule has 2 unspecified atom stereocenters. The lowest BCUT2D eigenvalue weighted by molar-refractivity contribution is 0.00360. The number of nitrogens with one attached hydrogen (secondary N) is 1. The summed E-state index contributed by atoms with van der Waals surface area (Å²) < 4.78 is 20.3. The quantitative estimate of drug-likeness (QED) is 0.697. The Bertz CT molecular complexity index is 405. The second kappa shape index (κ2) is 9.54. The van der Waals surface area contributed by atoms with Crippen molar-refractivity contribution in [3.63, 3.8) is 0 Å². The summed E-state index contributed by atoms with van der Waals surface area (Å²) in [5.74, 6) is 0.211. The van der Waals surface area contributed by atoms with Crippen LogP contribution in [0.25, 0.3) is 0 Å². The molecule has 0 heterocycles. The highest BCUT2D eigenvalue weighted by Gasteiger charge is 2.25. The van der Waals surface area contributed by atoms with Gasteiger partial charge in [0.05, 0.1) is 6.10 Å². The van der Waals surface area contributed by atoms with E-state index in [-0.39, 0.29) is 18.0 Å². The molecule has 2 atom stereocenters. The molecule has 0 saturated heterocycles. The van der Waals surface area contributed by atoms with Gasteiger partial charge in [0.1, 0.15) is 5.82 Å². The van der Waals surface area contributed by atoms with E-state index in [1.165, 1.54) is 6.07 Å². The lowest BCUT2D eigenvalue weighted by atomic mass is 9.93. The highest BCUT2D eigenvalue weighted by Crippen LogP contribution is 2.20. The normalized spacial score (nSPS) is 14.4. The zero-order valence-corrected chi connectivity index (χ0v) is 15.0. The highest BCUT2D eigenvalue weighted by molar-refractivity contribution is 9.10. The van der Waals surface area contributed by atoms with E-state index in [1.54, 1.807) is 6.07 Å². The van der Waals surface area contributed by atoms with E-state index in [0.29, 0.717) is 12.5 Å². The van der Waals surface area contributed by atoms with E-state index in [0.717, 1.165) is 29.4 Å². The van der Waals surface area contributed by atoms with Crippen molar-refractivity contribution in [2.75, 3.05) is 13.2 Å². The maximum absolute atomic E-state index is 13.6. The molecule has 120 valence electrons. The largest absolute Gasteiger partial charge is 0.377 e. The number of rotatable bonds is 9. The maximum Gasteiger partial charge on any atom is 0.124 e. The average molecular weight is 360 g/mol. The summed E-state index contributed by atoms with van der Waals surface area (Å²) in [5.41, 5.74) is 0.987. The average Bonchev–Trinajstić information content (AvgIpc) is 2.39. The van der Waals surface area contributed by atoms with E-state index >= 15 is 0 Å². The molecule has 0 saturated carbocycles. The second-order valence-corrected chi connectivity index (χ2v) is 6.62. The van der Waals surface area contributed by atoms with Gasteiger partial charge in [-0.05, 0) is 56.0 Å². The first-order chi connectivity index (χ1) is 9.97. The molecule has 0 aliphatic rings. The smallest absolute Gasteiger partial charge is 0.124 e. The van der Waals surface area contributed by atoms with Crippen molar-refractivity contribution in [1.29, 1.82) is 0 Å². The molecule has 1 aromatic rings. The molecule has 4 heteroatoms. The van der Waals surface area contributed by atoms with Crippen LogP contribution in [0.2, 0.25) is 0 Å². The van der Waals surface area contributed by atoms with Crippen molar-refractivity contribution in [2.45, 2.75) is 52.7 Å². The van der Waals surface area contributed by atoms with Gasteiger partial charge in [-0.1, -0.05) is 36.7 Å². The first-order valence-electron chi connectivity index (χ1n) is 7.77. The van der Waals surface area contributed by atoms with E-state index in [2.05, 4.69) is 42.0 Å². The van der Waals surface area contributed by atoms with Gasteiger partial charge in [-0.2, -0.15) is 0 Å². The van der Waals surface area contributed by atoms with Crippen molar-refractivity contribution in [3.8, 4) is 0 Å². The fourth-order valence-corrected chi connectivity index (χ4v) is 3.10. The lowest BCUT2D eigenvalue weighted by Crippen LogP contribution is -2.46. The first-order valence-corrected chi connectivity index (χ1v) is 8.57. The molecule has 0 amide bonds. The van der Waals surface area contributed by atoms with Gasteiger partial charge in [-0.25, -0.2) is 4.39 Å². The number of benzene rings is 1. The summed E-state index contributed by atoms with van der Waals surface area (Å²) >= 11 is 3.36. The van der Waals surface area contributed by atoms with Gasteiger partial charge in [0.15, 0.2) is 0 Å². The third-order valence-electron chi connectivity index (χ3n) is 3.45. The van der Waals surface area contributed by atoms with Gasteiger partial charge < -0.3 is 10.1 Å². The van der Waals surface area contributed by atoms with Crippen molar-refractivity contribution in [1.82, 2.24) is 5.32 Å². The van der Waals surface area contributed by atoms with Crippen LogP contribution >= 0.6 is 15.9 Å². The molecule has 0 spiro atoms. The van der Waals surface area contributed by atoms with E-state index < -0.39 is 0 Å². The molecule has 0 fully saturated rings. The number of ether oxygens (including phenoxy) is 1. The topological polar surface area (TPSA) is 21.3 Å². The maximum atomic E-state index is 13.6. The van der Waals surface area contributed by atoms with Crippen LogP contribution in [0.3, 0.4) is 0 Å². The SMILES string of the molecule is CCCNC(Cc1cc(F)cc(Br)c1)C(OCC)C(C)C. The standard InChI is InChI=1S/C17H27BrFNO/c1-5-7-20-16(17(12(3)4)21-6-2)10-13-8-14(18)11-15(19)9-13/h8-9,11-12,16-17,20H,5-7,10H2,1-4H3. The Morgan fingerprint density at radius 3 is 2.48 bits per heavy atom. The number of hydrogen-bond acceptors (Lipinski definition) is 2. The van der Waals surface area contributed by atoms with Crippen molar-refractivity contribution < 1.29 is 9.13 Å². The number of hydrogen-bond donors (Lipinski definition) is 1. The predicted octanol–water partition coefficient (Wildman–Crippen LogP) is 4.56. The molecule has 0 radical (unpaired) electrons. The molecule has 1 rings (SSSR count). The molecule has 0 aliphatic carbocycles. The fraction of sp³-hybridized carbons (Fsp3) is 0.647. The molecular formula is C17H27BrFNO. The van der Waals surface area contributed by atoms with Crippen molar-refractivity contribution >= 4 is 15.9 Å². The Kier molecular flexibility index (Phi) is 8.45. The molecular weight excluding hydrogens is 333 g/mol. The molecule has 0 aromatic heterocycles. The second-order valence-electron chi connectivity index (χ2n) is 5.71. The fourth-order valence-electron chi connectivity index (χ4n) is 2.58. The Morgan fingerprint density at radius 1 is 1.24 bits per heavy atom. The van der Waals surface area contributed by atoms with Gasteiger partial charge in [-0.15, -0.1) is 0 Å². The van der Waals surface area contributed by atoms with Crippen LogP contribution in [0.1, 0.15) is 39.7 Å². The predicted molar refractivity (Wildman–Crippen MR) is 90.1 cm³/mol. The van der Waals surface area contributed by atoms with Gasteiger partial charge in [0, 0.05) is 17.1 Å². The van der Waals surface area contributed by atoms with Crippen LogP contribution in [0.4, 0.5) is 4.39 Å². The van der Waals surface area contributed by atoms with Crippen LogP contribution in [0.5, 0.6) is 0 Å². The van der Waals surface area contributed by atoms with Crippen LogP contribution < -0.4 is 5.32 Å². The summed E-state index contributed by atoms with van der Waals surface area (Å²) in [6, 6.07) is 5.26. The Balaban J connectivity index is 2.89. The molecule has 0 bridgehead atoms. The zero-order chi connectivity index (χ0) is 15.8. The summed E-state index contributed by atoms with van der Waals surface area (Å²) in [6.45, 7) is 10.1. The monoisotopic (exact) mass is 359 g/mol. The molecule has 2 nitrogen and oxygen atoms in total. The van der Waals surface area contributed by atoms with E-state index in [9.17, 15) is 4.39 Å². The lowest BCUT2D eigenvalue weighted by Gasteiger charge is -2.31. The minimum Gasteiger partial charge on any atom is -0.377 e.